The zero-order valence-electron chi connectivity index (χ0n) is 21.0. The number of hydrogen-bond donors (Lipinski definition) is 2. The van der Waals surface area contributed by atoms with Crippen LogP contribution in [0.15, 0.2) is 29.2 Å². The Morgan fingerprint density at radius 1 is 1.21 bits per heavy atom. The van der Waals surface area contributed by atoms with Gasteiger partial charge in [0.15, 0.2) is 0 Å². The summed E-state index contributed by atoms with van der Waals surface area (Å²) in [6, 6.07) is 3.81. The number of amides is 1. The maximum Gasteiger partial charge on any atom is 0.416 e. The Morgan fingerprint density at radius 2 is 2.08 bits per heavy atom. The third-order valence-electron chi connectivity index (χ3n) is 8.20. The smallest absolute Gasteiger partial charge is 0.380 e. The van der Waals surface area contributed by atoms with E-state index in [4.69, 9.17) is 9.47 Å². The Balaban J connectivity index is 1.11. The number of likely N-dealkylation sites (tertiary alicyclic amines) is 1. The highest BCUT2D eigenvalue weighted by Crippen LogP contribution is 2.35. The number of rotatable bonds is 6. The summed E-state index contributed by atoms with van der Waals surface area (Å²) in [6.07, 6.45) is -0.0791. The van der Waals surface area contributed by atoms with Gasteiger partial charge in [-0.25, -0.2) is 0 Å². The van der Waals surface area contributed by atoms with Gasteiger partial charge < -0.3 is 24.3 Å². The molecule has 2 fully saturated rings. The number of nitrogens with zero attached hydrogens (tertiary/aromatic N) is 3. The second kappa shape index (κ2) is 10.1. The van der Waals surface area contributed by atoms with Crippen molar-refractivity contribution in [1.82, 2.24) is 24.7 Å². The number of aromatic nitrogens is 2. The van der Waals surface area contributed by atoms with Crippen molar-refractivity contribution in [3.63, 3.8) is 0 Å². The molecule has 0 saturated carbocycles. The summed E-state index contributed by atoms with van der Waals surface area (Å²) in [5.41, 5.74) is 1.02. The predicted octanol–water partition coefficient (Wildman–Crippen LogP) is 1.67. The molecule has 2 N–H and O–H groups in total. The van der Waals surface area contributed by atoms with Crippen molar-refractivity contribution in [2.75, 3.05) is 39.4 Å². The van der Waals surface area contributed by atoms with Crippen LogP contribution in [0.1, 0.15) is 41.5 Å². The highest BCUT2D eigenvalue weighted by Gasteiger charge is 2.41. The Labute approximate surface area is 217 Å². The van der Waals surface area contributed by atoms with Crippen LogP contribution in [0.3, 0.4) is 0 Å². The minimum absolute atomic E-state index is 0.0321. The molecule has 12 heteroatoms. The topological polar surface area (TPSA) is 91.8 Å². The average Bonchev–Trinajstić information content (AvgIpc) is 3.65. The molecule has 1 aliphatic carbocycles. The van der Waals surface area contributed by atoms with Gasteiger partial charge in [0.2, 0.25) is 5.91 Å². The molecule has 2 aromatic rings. The minimum atomic E-state index is -4.59. The van der Waals surface area contributed by atoms with Gasteiger partial charge >= 0.3 is 6.18 Å². The number of ether oxygens (including phenoxy) is 2. The van der Waals surface area contributed by atoms with Crippen LogP contribution in [0.4, 0.5) is 13.2 Å². The number of aryl methyl sites for hydroxylation is 1. The van der Waals surface area contributed by atoms with Crippen molar-refractivity contribution in [1.29, 1.82) is 0 Å². The number of carbonyl (C=O) groups excluding carboxylic acids is 1. The summed E-state index contributed by atoms with van der Waals surface area (Å²) in [6.45, 7) is 3.53. The lowest BCUT2D eigenvalue weighted by molar-refractivity contribution is -0.138. The number of halogens is 3. The fourth-order valence-corrected chi connectivity index (χ4v) is 6.24. The fraction of sp³-hybridized carbons (Fsp3) is 0.615. The number of hydrogen-bond acceptors (Lipinski definition) is 6. The van der Waals surface area contributed by atoms with Gasteiger partial charge in [0.25, 0.3) is 5.56 Å². The van der Waals surface area contributed by atoms with Crippen LogP contribution in [-0.2, 0) is 40.0 Å². The molecule has 38 heavy (non-hydrogen) atoms. The van der Waals surface area contributed by atoms with Gasteiger partial charge in [-0.2, -0.15) is 13.2 Å². The molecule has 4 atom stereocenters. The number of aromatic amines is 1. The van der Waals surface area contributed by atoms with Crippen LogP contribution in [0.5, 0.6) is 0 Å². The van der Waals surface area contributed by atoms with Crippen LogP contribution in [-0.4, -0.2) is 82.8 Å². The second-order valence-electron chi connectivity index (χ2n) is 10.7. The number of H-pyrrole nitrogens is 1. The zero-order valence-corrected chi connectivity index (χ0v) is 21.0. The molecule has 4 aliphatic rings. The largest absolute Gasteiger partial charge is 0.416 e. The Hall–Kier alpha value is -2.67. The summed E-state index contributed by atoms with van der Waals surface area (Å²) in [5.74, 6) is -0.206. The maximum absolute atomic E-state index is 13.2. The van der Waals surface area contributed by atoms with Gasteiger partial charge in [0, 0.05) is 69.0 Å². The van der Waals surface area contributed by atoms with E-state index in [1.807, 2.05) is 6.20 Å². The normalized spacial score (nSPS) is 28.0. The minimum Gasteiger partial charge on any atom is -0.380 e. The second-order valence-corrected chi connectivity index (χ2v) is 10.7. The molecule has 2 saturated heterocycles. The molecule has 0 radical (unpaired) electrons. The van der Waals surface area contributed by atoms with Crippen molar-refractivity contribution >= 4 is 5.91 Å². The zero-order chi connectivity index (χ0) is 26.4. The Morgan fingerprint density at radius 3 is 2.87 bits per heavy atom. The third kappa shape index (κ3) is 5.14. The molecule has 2 aromatic heterocycles. The lowest BCUT2D eigenvalue weighted by atomic mass is 10.1. The van der Waals surface area contributed by atoms with Crippen molar-refractivity contribution in [3.05, 3.63) is 57.3 Å². The van der Waals surface area contributed by atoms with Gasteiger partial charge in [0.05, 0.1) is 37.0 Å². The van der Waals surface area contributed by atoms with Gasteiger partial charge in [-0.05, 0) is 37.0 Å². The van der Waals surface area contributed by atoms with Crippen LogP contribution in [0, 0.1) is 0 Å². The van der Waals surface area contributed by atoms with Crippen molar-refractivity contribution < 1.29 is 27.4 Å². The first-order chi connectivity index (χ1) is 18.2. The lowest BCUT2D eigenvalue weighted by Gasteiger charge is -2.30. The van der Waals surface area contributed by atoms with E-state index in [-0.39, 0.29) is 49.5 Å². The van der Waals surface area contributed by atoms with Crippen LogP contribution < -0.4 is 10.9 Å². The molecule has 0 aromatic carbocycles. The molecular weight excluding hydrogens is 503 g/mol. The van der Waals surface area contributed by atoms with Crippen molar-refractivity contribution in [2.45, 2.75) is 62.8 Å². The number of carbonyl (C=O) groups is 1. The lowest BCUT2D eigenvalue weighted by Crippen LogP contribution is -2.49. The molecule has 3 unspecified atom stereocenters. The number of alkyl halides is 3. The summed E-state index contributed by atoms with van der Waals surface area (Å²) in [7, 11) is 0. The summed E-state index contributed by atoms with van der Waals surface area (Å²) in [5, 5.41) is 3.15. The van der Waals surface area contributed by atoms with Gasteiger partial charge in [-0.1, -0.05) is 0 Å². The molecule has 6 rings (SSSR count). The highest BCUT2D eigenvalue weighted by atomic mass is 19.4. The van der Waals surface area contributed by atoms with E-state index in [0.29, 0.717) is 38.3 Å². The van der Waals surface area contributed by atoms with E-state index < -0.39 is 17.3 Å². The van der Waals surface area contributed by atoms with Crippen LogP contribution in [0.25, 0.3) is 0 Å². The molecule has 9 nitrogen and oxygen atoms in total. The Kier molecular flexibility index (Phi) is 6.83. The molecule has 5 heterocycles. The van der Waals surface area contributed by atoms with E-state index in [2.05, 4.69) is 21.3 Å². The number of fused-ring (bicyclic) bond motifs is 2. The van der Waals surface area contributed by atoms with Crippen molar-refractivity contribution in [3.8, 4) is 0 Å². The molecule has 0 spiro atoms. The molecule has 3 aliphatic heterocycles. The average molecular weight is 536 g/mol. The van der Waals surface area contributed by atoms with E-state index in [0.717, 1.165) is 37.6 Å². The van der Waals surface area contributed by atoms with Gasteiger partial charge in [-0.3, -0.25) is 19.4 Å². The van der Waals surface area contributed by atoms with Gasteiger partial charge in [0.1, 0.15) is 0 Å². The SMILES string of the molecule is O=C(CN1CCn2c(cc(C(F)(F)F)cc2=O)C1)NC1CN(C2CCOC2)C[C@@H]1OC1CCc2cc[nH]c21. The van der Waals surface area contributed by atoms with E-state index >= 15 is 0 Å². The molecule has 206 valence electrons. The molecule has 1 amide bonds. The highest BCUT2D eigenvalue weighted by molar-refractivity contribution is 5.78. The molecule has 0 bridgehead atoms. The summed E-state index contributed by atoms with van der Waals surface area (Å²) in [4.78, 5) is 32.7. The number of nitrogens with one attached hydrogen (secondary N) is 2. The first kappa shape index (κ1) is 25.6. The fourth-order valence-electron chi connectivity index (χ4n) is 6.24. The quantitative estimate of drug-likeness (QED) is 0.585. The van der Waals surface area contributed by atoms with E-state index in [1.165, 1.54) is 10.1 Å². The van der Waals surface area contributed by atoms with Gasteiger partial charge in [-0.15, -0.1) is 0 Å². The number of pyridine rings is 1. The summed E-state index contributed by atoms with van der Waals surface area (Å²) >= 11 is 0. The van der Waals surface area contributed by atoms with E-state index in [9.17, 15) is 22.8 Å². The van der Waals surface area contributed by atoms with Crippen molar-refractivity contribution in [2.24, 2.45) is 0 Å². The Bertz CT molecular complexity index is 1240. The first-order valence-corrected chi connectivity index (χ1v) is 13.2. The summed E-state index contributed by atoms with van der Waals surface area (Å²) < 4.78 is 53.1. The monoisotopic (exact) mass is 535 g/mol. The maximum atomic E-state index is 13.2. The van der Waals surface area contributed by atoms with Crippen LogP contribution >= 0.6 is 0 Å². The van der Waals surface area contributed by atoms with E-state index in [1.54, 1.807) is 4.90 Å². The standard InChI is InChI=1S/C26H32F3N5O4/c27-26(28,29)17-9-19-11-32(6-7-34(19)24(36)10-17)14-23(35)31-20-12-33(18-4-8-37-15-18)13-22(20)38-21-2-1-16-3-5-30-25(16)21/h3,5,9-10,18,20-22,30H,1-2,4,6-8,11-15H2,(H,31,35)/t18?,20?,21?,22-/m0/s1. The van der Waals surface area contributed by atoms with Crippen LogP contribution in [0.2, 0.25) is 0 Å². The molecular formula is C26H32F3N5O4. The predicted molar refractivity (Wildman–Crippen MR) is 130 cm³/mol. The third-order valence-corrected chi connectivity index (χ3v) is 8.20. The first-order valence-electron chi connectivity index (χ1n) is 13.2.